The molecule has 0 aliphatic carbocycles. The third-order valence-corrected chi connectivity index (χ3v) is 4.12. The Morgan fingerprint density at radius 2 is 2.15 bits per heavy atom. The van der Waals surface area contributed by atoms with Crippen LogP contribution in [0, 0.1) is 6.92 Å². The molecule has 1 atom stereocenters. The summed E-state index contributed by atoms with van der Waals surface area (Å²) in [6.45, 7) is 5.91. The molecular formula is C19H32IN3O3. The zero-order valence-electron chi connectivity index (χ0n) is 16.0. The first-order chi connectivity index (χ1) is 12.2. The van der Waals surface area contributed by atoms with E-state index in [1.54, 1.807) is 14.2 Å². The number of aliphatic imine (C=N–C) groups is 1. The van der Waals surface area contributed by atoms with Crippen LogP contribution in [0.4, 0.5) is 0 Å². The van der Waals surface area contributed by atoms with Crippen LogP contribution in [-0.4, -0.2) is 52.6 Å². The number of hydrogen-bond acceptors (Lipinski definition) is 4. The van der Waals surface area contributed by atoms with E-state index in [1.807, 2.05) is 12.1 Å². The molecule has 7 heteroatoms. The van der Waals surface area contributed by atoms with Crippen molar-refractivity contribution in [2.75, 3.05) is 40.5 Å². The summed E-state index contributed by atoms with van der Waals surface area (Å²) in [5.74, 6) is 1.67. The van der Waals surface area contributed by atoms with Crippen molar-refractivity contribution >= 4 is 29.9 Å². The van der Waals surface area contributed by atoms with Crippen LogP contribution in [-0.2, 0) is 16.0 Å². The van der Waals surface area contributed by atoms with Crippen molar-refractivity contribution in [2.45, 2.75) is 38.8 Å². The number of methoxy groups -OCH3 is 1. The van der Waals surface area contributed by atoms with E-state index < -0.39 is 0 Å². The molecule has 26 heavy (non-hydrogen) atoms. The molecule has 1 heterocycles. The normalized spacial score (nSPS) is 16.9. The van der Waals surface area contributed by atoms with Gasteiger partial charge < -0.3 is 24.8 Å². The van der Waals surface area contributed by atoms with Gasteiger partial charge in [0.2, 0.25) is 0 Å². The van der Waals surface area contributed by atoms with Gasteiger partial charge in [-0.15, -0.1) is 24.0 Å². The van der Waals surface area contributed by atoms with Crippen LogP contribution in [0.2, 0.25) is 0 Å². The number of benzene rings is 1. The monoisotopic (exact) mass is 477 g/mol. The Hall–Kier alpha value is -1.06. The summed E-state index contributed by atoms with van der Waals surface area (Å²) in [6.07, 6.45) is 3.52. The van der Waals surface area contributed by atoms with Gasteiger partial charge in [0.1, 0.15) is 5.75 Å². The summed E-state index contributed by atoms with van der Waals surface area (Å²) in [5.41, 5.74) is 2.35. The van der Waals surface area contributed by atoms with E-state index >= 15 is 0 Å². The Morgan fingerprint density at radius 1 is 1.31 bits per heavy atom. The van der Waals surface area contributed by atoms with Crippen LogP contribution in [0.25, 0.3) is 0 Å². The van der Waals surface area contributed by atoms with Gasteiger partial charge >= 0.3 is 0 Å². The molecule has 6 nitrogen and oxygen atoms in total. The van der Waals surface area contributed by atoms with Crippen molar-refractivity contribution in [3.63, 3.8) is 0 Å². The second-order valence-corrected chi connectivity index (χ2v) is 6.27. The number of ether oxygens (including phenoxy) is 3. The van der Waals surface area contributed by atoms with E-state index in [4.69, 9.17) is 14.2 Å². The molecule has 1 aliphatic heterocycles. The van der Waals surface area contributed by atoms with Gasteiger partial charge in [-0.05, 0) is 49.4 Å². The molecule has 1 aliphatic rings. The molecule has 2 rings (SSSR count). The Balaban J connectivity index is 0.00000338. The van der Waals surface area contributed by atoms with E-state index in [-0.39, 0.29) is 24.0 Å². The largest absolute Gasteiger partial charge is 0.497 e. The molecule has 1 aromatic carbocycles. The SMILES string of the molecule is CN=C(NCCCOCC1CCCO1)NCc1cc(C)cc(OC)c1.I. The molecular weight excluding hydrogens is 445 g/mol. The fourth-order valence-corrected chi connectivity index (χ4v) is 2.82. The van der Waals surface area contributed by atoms with Crippen LogP contribution < -0.4 is 15.4 Å². The predicted octanol–water partition coefficient (Wildman–Crippen LogP) is 2.87. The molecule has 0 bridgehead atoms. The van der Waals surface area contributed by atoms with Crippen molar-refractivity contribution in [1.82, 2.24) is 10.6 Å². The van der Waals surface area contributed by atoms with Gasteiger partial charge in [0.05, 0.1) is 19.8 Å². The number of hydrogen-bond donors (Lipinski definition) is 2. The minimum atomic E-state index is 0. The summed E-state index contributed by atoms with van der Waals surface area (Å²) in [7, 11) is 3.47. The molecule has 1 unspecified atom stereocenters. The quantitative estimate of drug-likeness (QED) is 0.248. The molecule has 0 amide bonds. The van der Waals surface area contributed by atoms with Crippen molar-refractivity contribution in [3.05, 3.63) is 29.3 Å². The lowest BCUT2D eigenvalue weighted by molar-refractivity contribution is 0.0168. The molecule has 1 saturated heterocycles. The van der Waals surface area contributed by atoms with E-state index in [0.717, 1.165) is 50.7 Å². The van der Waals surface area contributed by atoms with E-state index in [2.05, 4.69) is 28.6 Å². The minimum absolute atomic E-state index is 0. The zero-order valence-corrected chi connectivity index (χ0v) is 18.4. The number of rotatable bonds is 9. The van der Waals surface area contributed by atoms with Gasteiger partial charge in [-0.2, -0.15) is 0 Å². The maximum atomic E-state index is 5.66. The van der Waals surface area contributed by atoms with E-state index in [0.29, 0.717) is 19.3 Å². The average molecular weight is 477 g/mol. The smallest absolute Gasteiger partial charge is 0.191 e. The lowest BCUT2D eigenvalue weighted by Gasteiger charge is -2.13. The molecule has 1 aromatic rings. The van der Waals surface area contributed by atoms with Gasteiger partial charge in [-0.25, -0.2) is 0 Å². The zero-order chi connectivity index (χ0) is 17.9. The Kier molecular flexibility index (Phi) is 11.6. The molecule has 0 aromatic heterocycles. The highest BCUT2D eigenvalue weighted by Gasteiger charge is 2.14. The van der Waals surface area contributed by atoms with Crippen LogP contribution in [0.15, 0.2) is 23.2 Å². The highest BCUT2D eigenvalue weighted by atomic mass is 127. The van der Waals surface area contributed by atoms with Crippen molar-refractivity contribution < 1.29 is 14.2 Å². The first-order valence-electron chi connectivity index (χ1n) is 8.99. The number of aryl methyl sites for hydroxylation is 1. The lowest BCUT2D eigenvalue weighted by atomic mass is 10.1. The third-order valence-electron chi connectivity index (χ3n) is 4.12. The summed E-state index contributed by atoms with van der Waals surface area (Å²) in [5, 5.41) is 6.63. The first kappa shape index (κ1) is 23.0. The summed E-state index contributed by atoms with van der Waals surface area (Å²) in [6, 6.07) is 6.20. The number of nitrogens with one attached hydrogen (secondary N) is 2. The molecule has 1 fully saturated rings. The average Bonchev–Trinajstić information content (AvgIpc) is 3.13. The number of halogens is 1. The Morgan fingerprint density at radius 3 is 2.85 bits per heavy atom. The van der Waals surface area contributed by atoms with Gasteiger partial charge in [0, 0.05) is 33.4 Å². The highest BCUT2D eigenvalue weighted by molar-refractivity contribution is 14.0. The van der Waals surface area contributed by atoms with Gasteiger partial charge in [0.25, 0.3) is 0 Å². The summed E-state index contributed by atoms with van der Waals surface area (Å²) >= 11 is 0. The van der Waals surface area contributed by atoms with Gasteiger partial charge in [-0.1, -0.05) is 6.07 Å². The number of guanidine groups is 1. The van der Waals surface area contributed by atoms with Crippen LogP contribution in [0.1, 0.15) is 30.4 Å². The Labute approximate surface area is 174 Å². The number of nitrogens with zero attached hydrogens (tertiary/aromatic N) is 1. The molecule has 0 spiro atoms. The summed E-state index contributed by atoms with van der Waals surface area (Å²) < 4.78 is 16.5. The topological polar surface area (TPSA) is 64.1 Å². The second kappa shape index (κ2) is 13.2. The molecule has 2 N–H and O–H groups in total. The highest BCUT2D eigenvalue weighted by Crippen LogP contribution is 2.16. The fourth-order valence-electron chi connectivity index (χ4n) is 2.82. The second-order valence-electron chi connectivity index (χ2n) is 6.27. The maximum absolute atomic E-state index is 5.66. The minimum Gasteiger partial charge on any atom is -0.497 e. The summed E-state index contributed by atoms with van der Waals surface area (Å²) in [4.78, 5) is 4.25. The molecule has 0 radical (unpaired) electrons. The van der Waals surface area contributed by atoms with Crippen molar-refractivity contribution in [1.29, 1.82) is 0 Å². The predicted molar refractivity (Wildman–Crippen MR) is 116 cm³/mol. The fraction of sp³-hybridized carbons (Fsp3) is 0.632. The maximum Gasteiger partial charge on any atom is 0.191 e. The lowest BCUT2D eigenvalue weighted by Crippen LogP contribution is -2.37. The van der Waals surface area contributed by atoms with Crippen LogP contribution in [0.3, 0.4) is 0 Å². The van der Waals surface area contributed by atoms with E-state index in [9.17, 15) is 0 Å². The van der Waals surface area contributed by atoms with Gasteiger partial charge in [0.15, 0.2) is 5.96 Å². The van der Waals surface area contributed by atoms with Crippen LogP contribution in [0.5, 0.6) is 5.75 Å². The van der Waals surface area contributed by atoms with Crippen LogP contribution >= 0.6 is 24.0 Å². The van der Waals surface area contributed by atoms with E-state index in [1.165, 1.54) is 11.1 Å². The third kappa shape index (κ3) is 8.55. The van der Waals surface area contributed by atoms with Crippen molar-refractivity contribution in [2.24, 2.45) is 4.99 Å². The van der Waals surface area contributed by atoms with Gasteiger partial charge in [-0.3, -0.25) is 4.99 Å². The molecule has 0 saturated carbocycles. The first-order valence-corrected chi connectivity index (χ1v) is 8.99. The Bertz CT molecular complexity index is 549. The molecule has 148 valence electrons. The standard InChI is InChI=1S/C19H31N3O3.HI/c1-15-10-16(12-18(11-15)23-3)13-22-19(20-2)21-7-5-8-24-14-17-6-4-9-25-17;/h10-12,17H,4-9,13-14H2,1-3H3,(H2,20,21,22);1H. The van der Waals surface area contributed by atoms with Crippen molar-refractivity contribution in [3.8, 4) is 5.75 Å².